The molecule has 0 aliphatic heterocycles. The van der Waals surface area contributed by atoms with Crippen LogP contribution in [0.4, 0.5) is 0 Å². The lowest BCUT2D eigenvalue weighted by Gasteiger charge is -2.61. The quantitative estimate of drug-likeness (QED) is 0.181. The Hall–Kier alpha value is -6.32. The predicted octanol–water partition coefficient (Wildman–Crippen LogP) is 13.9. The maximum Gasteiger partial charge on any atom is 0.160 e. The van der Waals surface area contributed by atoms with Crippen molar-refractivity contribution in [1.82, 2.24) is 9.97 Å². The molecule has 7 aromatic carbocycles. The molecule has 5 aliphatic rings. The Balaban J connectivity index is 1.07. The molecule has 2 aromatic heterocycles. The summed E-state index contributed by atoms with van der Waals surface area (Å²) in [4.78, 5) is 10.3. The standard InChI is InChI=1S/C54H40N2O/c1-3-11-34(12-4-1)46-31-47(56-53(55-46)37-13-5-2-6-14-37)35-19-21-36(22-20-35)50-51-42-17-9-10-18-48(42)57-49(51)30-44-43-28-38-15-7-8-16-39(38)29-45(43)54(52(44)50)40-24-32-23-33(26-40)27-41(54)25-32/h1-22,28-33,40-41H,23-27H2. The zero-order valence-electron chi connectivity index (χ0n) is 31.7. The van der Waals surface area contributed by atoms with Crippen LogP contribution in [-0.2, 0) is 5.41 Å². The van der Waals surface area contributed by atoms with Gasteiger partial charge < -0.3 is 4.42 Å². The van der Waals surface area contributed by atoms with Gasteiger partial charge >= 0.3 is 0 Å². The summed E-state index contributed by atoms with van der Waals surface area (Å²) in [6, 6.07) is 57.4. The largest absolute Gasteiger partial charge is 0.456 e. The second kappa shape index (κ2) is 11.8. The molecule has 272 valence electrons. The molecule has 3 heteroatoms. The fourth-order valence-electron chi connectivity index (χ4n) is 12.4. The Labute approximate surface area is 332 Å². The number of furan rings is 1. The molecule has 0 atom stereocenters. The maximum atomic E-state index is 6.82. The highest BCUT2D eigenvalue weighted by atomic mass is 16.3. The molecule has 4 fully saturated rings. The Kier molecular flexibility index (Phi) is 6.62. The second-order valence-corrected chi connectivity index (χ2v) is 17.3. The summed E-state index contributed by atoms with van der Waals surface area (Å²) in [5.74, 6) is 3.73. The molecule has 1 spiro atoms. The zero-order valence-corrected chi connectivity index (χ0v) is 31.7. The van der Waals surface area contributed by atoms with E-state index >= 15 is 0 Å². The van der Waals surface area contributed by atoms with E-state index in [0.29, 0.717) is 11.8 Å². The van der Waals surface area contributed by atoms with Gasteiger partial charge in [-0.2, -0.15) is 0 Å². The van der Waals surface area contributed by atoms with E-state index < -0.39 is 0 Å². The minimum atomic E-state index is -0.0233. The fourth-order valence-corrected chi connectivity index (χ4v) is 12.4. The third-order valence-electron chi connectivity index (χ3n) is 14.4. The van der Waals surface area contributed by atoms with Crippen molar-refractivity contribution in [3.63, 3.8) is 0 Å². The zero-order chi connectivity index (χ0) is 37.2. The minimum absolute atomic E-state index is 0.0233. The molecular weight excluding hydrogens is 693 g/mol. The second-order valence-electron chi connectivity index (χ2n) is 17.3. The molecular formula is C54H40N2O. The summed E-state index contributed by atoms with van der Waals surface area (Å²) >= 11 is 0. The highest BCUT2D eigenvalue weighted by Crippen LogP contribution is 2.71. The number of hydrogen-bond acceptors (Lipinski definition) is 3. The lowest BCUT2D eigenvalue weighted by Crippen LogP contribution is -2.55. The number of rotatable bonds is 4. The van der Waals surface area contributed by atoms with Crippen LogP contribution < -0.4 is 0 Å². The van der Waals surface area contributed by atoms with E-state index in [1.807, 2.05) is 6.07 Å². The molecule has 0 amide bonds. The van der Waals surface area contributed by atoms with E-state index in [1.54, 1.807) is 11.1 Å². The van der Waals surface area contributed by atoms with Gasteiger partial charge in [-0.3, -0.25) is 0 Å². The molecule has 5 aliphatic carbocycles. The van der Waals surface area contributed by atoms with Crippen molar-refractivity contribution in [2.75, 3.05) is 0 Å². The molecule has 0 saturated heterocycles. The average Bonchev–Trinajstić information content (AvgIpc) is 3.77. The van der Waals surface area contributed by atoms with Gasteiger partial charge in [0.2, 0.25) is 0 Å². The monoisotopic (exact) mass is 732 g/mol. The van der Waals surface area contributed by atoms with Crippen molar-refractivity contribution in [1.29, 1.82) is 0 Å². The maximum absolute atomic E-state index is 6.82. The molecule has 57 heavy (non-hydrogen) atoms. The summed E-state index contributed by atoms with van der Waals surface area (Å²) in [7, 11) is 0. The third-order valence-corrected chi connectivity index (χ3v) is 14.4. The number of nitrogens with zero attached hydrogens (tertiary/aromatic N) is 2. The Bertz CT molecular complexity index is 2980. The third kappa shape index (κ3) is 4.54. The van der Waals surface area contributed by atoms with Gasteiger partial charge in [0.05, 0.1) is 11.4 Å². The fraction of sp³-hybridized carbons (Fsp3) is 0.185. The van der Waals surface area contributed by atoms with Gasteiger partial charge in [0, 0.05) is 32.9 Å². The van der Waals surface area contributed by atoms with E-state index in [1.165, 1.54) is 75.9 Å². The van der Waals surface area contributed by atoms with Gasteiger partial charge in [0.15, 0.2) is 5.82 Å². The van der Waals surface area contributed by atoms with Crippen molar-refractivity contribution < 1.29 is 4.42 Å². The Morgan fingerprint density at radius 3 is 1.75 bits per heavy atom. The summed E-state index contributed by atoms with van der Waals surface area (Å²) in [5.41, 5.74) is 15.5. The van der Waals surface area contributed by atoms with Crippen molar-refractivity contribution in [2.45, 2.75) is 37.5 Å². The van der Waals surface area contributed by atoms with Crippen LogP contribution in [0.2, 0.25) is 0 Å². The molecule has 14 rings (SSSR count). The van der Waals surface area contributed by atoms with Crippen molar-refractivity contribution in [3.05, 3.63) is 169 Å². The average molecular weight is 733 g/mol. The SMILES string of the molecule is c1ccc(-c2cc(-c3ccc(-c4c5c(cc6oc7ccccc7c46)-c4cc6ccccc6cc4C54C5CC6CC(C5)CC4C6)cc3)nc(-c3ccccc3)n2)cc1. The van der Waals surface area contributed by atoms with Crippen molar-refractivity contribution in [2.24, 2.45) is 23.7 Å². The molecule has 3 nitrogen and oxygen atoms in total. The summed E-state index contributed by atoms with van der Waals surface area (Å²) in [5, 5.41) is 5.12. The molecule has 4 bridgehead atoms. The summed E-state index contributed by atoms with van der Waals surface area (Å²) in [6.45, 7) is 0. The number of aromatic nitrogens is 2. The van der Waals surface area contributed by atoms with Crippen LogP contribution in [0.3, 0.4) is 0 Å². The molecule has 0 N–H and O–H groups in total. The van der Waals surface area contributed by atoms with Gasteiger partial charge in [-0.15, -0.1) is 0 Å². The molecule has 2 heterocycles. The van der Waals surface area contributed by atoms with Gasteiger partial charge in [-0.25, -0.2) is 9.97 Å². The van der Waals surface area contributed by atoms with Crippen molar-refractivity contribution >= 4 is 32.7 Å². The number of fused-ring (bicyclic) bond motifs is 7. The number of benzene rings is 7. The lowest BCUT2D eigenvalue weighted by atomic mass is 9.42. The van der Waals surface area contributed by atoms with Gasteiger partial charge in [-0.05, 0) is 130 Å². The highest BCUT2D eigenvalue weighted by Gasteiger charge is 2.62. The topological polar surface area (TPSA) is 38.9 Å². The Morgan fingerprint density at radius 1 is 0.474 bits per heavy atom. The van der Waals surface area contributed by atoms with Crippen LogP contribution >= 0.6 is 0 Å². The number of hydrogen-bond donors (Lipinski definition) is 0. The Morgan fingerprint density at radius 2 is 1.05 bits per heavy atom. The molecule has 0 radical (unpaired) electrons. The first-order valence-electron chi connectivity index (χ1n) is 20.8. The summed E-state index contributed by atoms with van der Waals surface area (Å²) in [6.07, 6.45) is 6.77. The molecule has 4 saturated carbocycles. The molecule has 9 aromatic rings. The van der Waals surface area contributed by atoms with Crippen LogP contribution in [0.5, 0.6) is 0 Å². The first-order valence-corrected chi connectivity index (χ1v) is 20.8. The van der Waals surface area contributed by atoms with E-state index in [9.17, 15) is 0 Å². The van der Waals surface area contributed by atoms with Crippen LogP contribution in [0.1, 0.15) is 43.2 Å². The lowest BCUT2D eigenvalue weighted by molar-refractivity contribution is -0.0396. The van der Waals surface area contributed by atoms with Crippen LogP contribution in [0.25, 0.3) is 88.9 Å². The normalized spacial score (nSPS) is 22.8. The predicted molar refractivity (Wildman–Crippen MR) is 232 cm³/mol. The van der Waals surface area contributed by atoms with Crippen LogP contribution in [0.15, 0.2) is 162 Å². The van der Waals surface area contributed by atoms with Gasteiger partial charge in [-0.1, -0.05) is 127 Å². The van der Waals surface area contributed by atoms with E-state index in [-0.39, 0.29) is 5.41 Å². The summed E-state index contributed by atoms with van der Waals surface area (Å²) < 4.78 is 6.82. The minimum Gasteiger partial charge on any atom is -0.456 e. The van der Waals surface area contributed by atoms with Crippen molar-refractivity contribution in [3.8, 4) is 56.2 Å². The first kappa shape index (κ1) is 31.8. The van der Waals surface area contributed by atoms with Gasteiger partial charge in [0.25, 0.3) is 0 Å². The van der Waals surface area contributed by atoms with Crippen LogP contribution in [0, 0.1) is 23.7 Å². The van der Waals surface area contributed by atoms with E-state index in [4.69, 9.17) is 14.4 Å². The van der Waals surface area contributed by atoms with Crippen LogP contribution in [-0.4, -0.2) is 9.97 Å². The first-order chi connectivity index (χ1) is 28.2. The smallest absolute Gasteiger partial charge is 0.160 e. The van der Waals surface area contributed by atoms with Gasteiger partial charge in [0.1, 0.15) is 11.2 Å². The van der Waals surface area contributed by atoms with E-state index in [0.717, 1.165) is 56.9 Å². The molecule has 0 unspecified atom stereocenters. The van der Waals surface area contributed by atoms with E-state index in [2.05, 4.69) is 152 Å². The number of para-hydroxylation sites is 1. The highest BCUT2D eigenvalue weighted by molar-refractivity contribution is 6.16.